The molecule has 4 aromatic carbocycles. The second-order valence-electron chi connectivity index (χ2n) is 11.5. The number of azo groups is 1. The van der Waals surface area contributed by atoms with Gasteiger partial charge in [-0.2, -0.15) is 19.3 Å². The van der Waals surface area contributed by atoms with Gasteiger partial charge < -0.3 is 35.1 Å². The van der Waals surface area contributed by atoms with Crippen LogP contribution in [-0.2, 0) is 30.4 Å². The van der Waals surface area contributed by atoms with Crippen LogP contribution in [0.3, 0.4) is 0 Å². The van der Waals surface area contributed by atoms with Gasteiger partial charge in [-0.1, -0.05) is 7.43 Å². The molecule has 0 saturated heterocycles. The number of phenols is 1. The first-order valence-electron chi connectivity index (χ1n) is 13.9. The topological polar surface area (TPSA) is 305 Å². The first-order valence-corrected chi connectivity index (χ1v) is 18.1. The van der Waals surface area contributed by atoms with Gasteiger partial charge in [0.05, 0.1) is 46.9 Å². The van der Waals surface area contributed by atoms with Crippen LogP contribution in [0.15, 0.2) is 85.6 Å². The molecule has 0 unspecified atom stereocenters. The minimum atomic E-state index is -5.40. The predicted molar refractivity (Wildman–Crippen MR) is 184 cm³/mol. The van der Waals surface area contributed by atoms with Crippen LogP contribution >= 0.6 is 0 Å². The van der Waals surface area contributed by atoms with Gasteiger partial charge in [-0.05, 0) is 53.9 Å². The molecule has 0 amide bonds. The van der Waals surface area contributed by atoms with Crippen molar-refractivity contribution >= 4 is 87.1 Å². The van der Waals surface area contributed by atoms with E-state index in [9.17, 15) is 48.4 Å². The Kier molecular flexibility index (Phi) is 17.4. The summed E-state index contributed by atoms with van der Waals surface area (Å²) in [6, 6.07) is 11.7. The first kappa shape index (κ1) is 50.6. The molecule has 26 heteroatoms. The summed E-state index contributed by atoms with van der Waals surface area (Å²) in [5.74, 6) is -1.56. The van der Waals surface area contributed by atoms with Gasteiger partial charge in [-0.15, -0.1) is 10.2 Å². The molecule has 0 radical (unpaired) electrons. The predicted octanol–water partition coefficient (Wildman–Crippen LogP) is -5.09. The zero-order chi connectivity index (χ0) is 37.7. The summed E-state index contributed by atoms with van der Waals surface area (Å²) in [4.78, 5) is 8.13. The van der Waals surface area contributed by atoms with Crippen LogP contribution < -0.4 is 110 Å². The average molecular weight is 847 g/mol. The largest absolute Gasteiger partial charge is 1.00 e. The molecule has 0 bridgehead atoms. The van der Waals surface area contributed by atoms with E-state index in [0.717, 1.165) is 23.9 Å². The molecule has 0 aliphatic rings. The van der Waals surface area contributed by atoms with Crippen LogP contribution in [0.25, 0.3) is 10.8 Å². The molecule has 0 atom stereocenters. The number of benzene rings is 4. The van der Waals surface area contributed by atoms with Crippen molar-refractivity contribution in [2.75, 3.05) is 37.5 Å². The van der Waals surface area contributed by atoms with Gasteiger partial charge in [0, 0.05) is 23.5 Å². The maximum Gasteiger partial charge on any atom is 1.00 e. The molecule has 0 saturated carbocycles. The van der Waals surface area contributed by atoms with Crippen molar-refractivity contribution in [2.24, 2.45) is 10.2 Å². The number of halogens is 1. The summed E-state index contributed by atoms with van der Waals surface area (Å²) < 4.78 is 122. The van der Waals surface area contributed by atoms with E-state index in [1.807, 2.05) is 33.3 Å². The summed E-state index contributed by atoms with van der Waals surface area (Å²) in [6.45, 7) is 0. The van der Waals surface area contributed by atoms with Crippen molar-refractivity contribution in [2.45, 2.75) is 22.1 Å². The number of nitrogens with one attached hydrogen (secondary N) is 2. The zero-order valence-corrected chi connectivity index (χ0v) is 37.7. The van der Waals surface area contributed by atoms with E-state index in [2.05, 4.69) is 35.8 Å². The van der Waals surface area contributed by atoms with Crippen molar-refractivity contribution in [1.29, 1.82) is 0 Å². The number of fused-ring (bicyclic) bond motifs is 1. The van der Waals surface area contributed by atoms with E-state index < -0.39 is 84.7 Å². The van der Waals surface area contributed by atoms with Crippen LogP contribution in [-0.4, -0.2) is 80.1 Å². The number of aromatic nitrogens is 3. The molecule has 276 valence electrons. The minimum Gasteiger partial charge on any atom is -0.744 e. The third-order valence-electron chi connectivity index (χ3n) is 6.97. The number of nitrogen functional groups attached to an aromatic ring is 1. The molecule has 5 rings (SSSR count). The second kappa shape index (κ2) is 18.9. The number of quaternary nitrogens is 1. The molecule has 0 aliphatic carbocycles. The Balaban J connectivity index is 0.00000378. The Morgan fingerprint density at radius 3 is 1.76 bits per heavy atom. The van der Waals surface area contributed by atoms with E-state index in [4.69, 9.17) is 5.73 Å². The first-order chi connectivity index (χ1) is 23.5. The monoisotopic (exact) mass is 846 g/mol. The molecular formula is C29H28FN9Na3O10S3+. The quantitative estimate of drug-likeness (QED) is 0.0336. The Labute approximate surface area is 381 Å². The number of nitrogens with two attached hydrogens (primary N) is 1. The molecule has 5 N–H and O–H groups in total. The summed E-state index contributed by atoms with van der Waals surface area (Å²) in [5.41, 5.74) is 4.90. The van der Waals surface area contributed by atoms with Gasteiger partial charge in [0.2, 0.25) is 11.9 Å². The van der Waals surface area contributed by atoms with Gasteiger partial charge in [-0.25, -0.2) is 25.3 Å². The Hall–Kier alpha value is -2.43. The van der Waals surface area contributed by atoms with Crippen LogP contribution in [0.4, 0.5) is 50.4 Å². The molecule has 0 spiro atoms. The summed E-state index contributed by atoms with van der Waals surface area (Å²) >= 11 is 0. The second-order valence-corrected chi connectivity index (χ2v) is 15.6. The number of hydrogen-bond acceptors (Lipinski definition) is 18. The normalized spacial score (nSPS) is 11.8. The van der Waals surface area contributed by atoms with Crippen LogP contribution in [0.5, 0.6) is 5.75 Å². The van der Waals surface area contributed by atoms with Gasteiger partial charge in [0.1, 0.15) is 53.2 Å². The Bertz CT molecular complexity index is 2600. The number of rotatable bonds is 10. The fourth-order valence-electron chi connectivity index (χ4n) is 4.62. The van der Waals surface area contributed by atoms with Gasteiger partial charge >= 0.3 is 94.8 Å². The SMILES string of the molecule is C.C[N+](C)(C)c1ccc(Nc2nc(F)nc(Nc3ccc(S(=O)(=O)[O-])c(N=Nc4c(N)c(S(=O)(=O)[O-])cc5cc(S(=O)(=O)[O-])cc(O)c45)c3)n2)cc1.[Na+].[Na+].[Na+]. The Morgan fingerprint density at radius 1 is 0.727 bits per heavy atom. The summed E-state index contributed by atoms with van der Waals surface area (Å²) in [6.07, 6.45) is -1.21. The van der Waals surface area contributed by atoms with Gasteiger partial charge in [0.15, 0.2) is 0 Å². The Morgan fingerprint density at radius 2 is 1.25 bits per heavy atom. The number of nitrogens with zero attached hydrogens (tertiary/aromatic N) is 6. The van der Waals surface area contributed by atoms with Crippen LogP contribution in [0, 0.1) is 6.08 Å². The third kappa shape index (κ3) is 12.3. The average Bonchev–Trinajstić information content (AvgIpc) is 2.98. The smallest absolute Gasteiger partial charge is 0.744 e. The van der Waals surface area contributed by atoms with E-state index in [1.54, 1.807) is 12.1 Å². The van der Waals surface area contributed by atoms with Crippen molar-refractivity contribution in [1.82, 2.24) is 19.4 Å². The minimum absolute atomic E-state index is 0. The fraction of sp³-hybridized carbons (Fsp3) is 0.138. The maximum absolute atomic E-state index is 14.4. The van der Waals surface area contributed by atoms with E-state index >= 15 is 0 Å². The molecular weight excluding hydrogens is 819 g/mol. The van der Waals surface area contributed by atoms with Crippen LogP contribution in [0.2, 0.25) is 0 Å². The molecule has 1 aromatic heterocycles. The van der Waals surface area contributed by atoms with Crippen molar-refractivity contribution in [3.05, 3.63) is 66.7 Å². The molecule has 1 heterocycles. The van der Waals surface area contributed by atoms with Crippen molar-refractivity contribution < 1.29 is 137 Å². The maximum atomic E-state index is 14.4. The molecule has 0 fully saturated rings. The third-order valence-corrected chi connectivity index (χ3v) is 9.55. The molecule has 5 aromatic rings. The van der Waals surface area contributed by atoms with Crippen molar-refractivity contribution in [3.8, 4) is 5.75 Å². The number of aromatic hydroxyl groups is 1. The number of hydrogen-bond donors (Lipinski definition) is 4. The van der Waals surface area contributed by atoms with Crippen molar-refractivity contribution in [3.63, 3.8) is 0 Å². The van der Waals surface area contributed by atoms with Crippen LogP contribution in [0.1, 0.15) is 7.43 Å². The summed E-state index contributed by atoms with van der Waals surface area (Å²) in [7, 11) is -9.96. The van der Waals surface area contributed by atoms with E-state index in [1.165, 1.54) is 0 Å². The standard InChI is InChI=1S/C28H26FN9O10S3.CH4.3Na/c1-38(2,3)17-7-4-15(5-8-17)31-27-33-26(29)34-28(35-27)32-16-6-9-21(50(43,44)45)19(12-16)36-37-25-23-14(11-22(24(25)30)51(46,47)48)10-18(13-20(23)39)49(40,41)42;;;;/h4-13H,1-3H3,(H7-,30,31,32,33,34,35,36,37,39,40,41,42,43,44,45,46,47,48);1H4;;;/q;;3*+1/p-2. The number of phenolic OH excluding ortho intramolecular Hbond substituents is 1. The molecule has 19 nitrogen and oxygen atoms in total. The van der Waals surface area contributed by atoms with E-state index in [0.29, 0.717) is 28.4 Å². The zero-order valence-electron chi connectivity index (χ0n) is 29.3. The molecule has 0 aliphatic heterocycles. The number of anilines is 5. The summed E-state index contributed by atoms with van der Waals surface area (Å²) in [5, 5.41) is 22.4. The fourth-order valence-corrected chi connectivity index (χ4v) is 6.37. The van der Waals surface area contributed by atoms with E-state index in [-0.39, 0.29) is 114 Å². The van der Waals surface area contributed by atoms with Gasteiger partial charge in [0.25, 0.3) is 0 Å². The van der Waals surface area contributed by atoms with Gasteiger partial charge in [-0.3, -0.25) is 4.48 Å². The molecule has 55 heavy (non-hydrogen) atoms.